The van der Waals surface area contributed by atoms with Gasteiger partial charge in [0.1, 0.15) is 5.82 Å². The third-order valence-electron chi connectivity index (χ3n) is 2.71. The molecule has 0 saturated heterocycles. The molecule has 0 spiro atoms. The van der Waals surface area contributed by atoms with Crippen LogP contribution in [-0.4, -0.2) is 22.8 Å². The van der Waals surface area contributed by atoms with Crippen LogP contribution in [0.2, 0.25) is 0 Å². The summed E-state index contributed by atoms with van der Waals surface area (Å²) in [6.07, 6.45) is 2.07. The molecule has 0 atom stereocenters. The number of aryl methyl sites for hydroxylation is 1. The molecule has 0 aliphatic carbocycles. The van der Waals surface area contributed by atoms with Crippen LogP contribution in [-0.2, 0) is 0 Å². The average molecular weight is 338 g/mol. The molecule has 0 unspecified atom stereocenters. The summed E-state index contributed by atoms with van der Waals surface area (Å²) in [5.74, 6) is 1.60. The van der Waals surface area contributed by atoms with Gasteiger partial charge in [0.25, 0.3) is 0 Å². The Balaban J connectivity index is 2.43. The van der Waals surface area contributed by atoms with Crippen molar-refractivity contribution in [3.05, 3.63) is 34.4 Å². The summed E-state index contributed by atoms with van der Waals surface area (Å²) >= 11 is 5.25. The number of nitrogens with one attached hydrogen (secondary N) is 1. The van der Waals surface area contributed by atoms with E-state index in [1.807, 2.05) is 6.92 Å². The highest BCUT2D eigenvalue weighted by Crippen LogP contribution is 2.27. The normalized spacial score (nSPS) is 10.5. The Morgan fingerprint density at radius 3 is 2.47 bits per heavy atom. The van der Waals surface area contributed by atoms with Gasteiger partial charge in [-0.3, -0.25) is 0 Å². The Kier molecular flexibility index (Phi) is 4.82. The SMILES string of the molecule is CCNc1nc(-c2ccc(SC)cc2)nc(C)c1Br. The van der Waals surface area contributed by atoms with Gasteiger partial charge in [0.15, 0.2) is 5.82 Å². The van der Waals surface area contributed by atoms with E-state index in [1.54, 1.807) is 11.8 Å². The van der Waals surface area contributed by atoms with Crippen LogP contribution < -0.4 is 5.32 Å². The summed E-state index contributed by atoms with van der Waals surface area (Å²) in [7, 11) is 0. The van der Waals surface area contributed by atoms with Crippen molar-refractivity contribution in [2.24, 2.45) is 0 Å². The lowest BCUT2D eigenvalue weighted by Crippen LogP contribution is -2.04. The standard InChI is InChI=1S/C14H16BrN3S/c1-4-16-14-12(15)9(2)17-13(18-14)10-5-7-11(19-3)8-6-10/h5-8H,4H2,1-3H3,(H,16,17,18). The van der Waals surface area contributed by atoms with E-state index in [-0.39, 0.29) is 0 Å². The van der Waals surface area contributed by atoms with E-state index in [9.17, 15) is 0 Å². The monoisotopic (exact) mass is 337 g/mol. The molecule has 2 rings (SSSR count). The first-order valence-electron chi connectivity index (χ1n) is 6.08. The summed E-state index contributed by atoms with van der Waals surface area (Å²) in [6.45, 7) is 4.86. The fourth-order valence-electron chi connectivity index (χ4n) is 1.71. The summed E-state index contributed by atoms with van der Waals surface area (Å²) in [5, 5.41) is 3.25. The minimum atomic E-state index is 0.754. The quantitative estimate of drug-likeness (QED) is 0.840. The second-order valence-corrected chi connectivity index (χ2v) is 5.73. The smallest absolute Gasteiger partial charge is 0.161 e. The van der Waals surface area contributed by atoms with Gasteiger partial charge in [0, 0.05) is 17.0 Å². The van der Waals surface area contributed by atoms with Gasteiger partial charge in [-0.2, -0.15) is 0 Å². The highest BCUT2D eigenvalue weighted by Gasteiger charge is 2.10. The summed E-state index contributed by atoms with van der Waals surface area (Å²) in [6, 6.07) is 8.30. The second-order valence-electron chi connectivity index (χ2n) is 4.05. The topological polar surface area (TPSA) is 37.8 Å². The van der Waals surface area contributed by atoms with Crippen LogP contribution in [0, 0.1) is 6.92 Å². The number of halogens is 1. The second kappa shape index (κ2) is 6.39. The number of aromatic nitrogens is 2. The molecule has 1 heterocycles. The van der Waals surface area contributed by atoms with E-state index >= 15 is 0 Å². The molecule has 1 aromatic heterocycles. The molecule has 0 aliphatic rings. The summed E-state index contributed by atoms with van der Waals surface area (Å²) in [4.78, 5) is 10.3. The lowest BCUT2D eigenvalue weighted by molar-refractivity contribution is 1.06. The molecule has 19 heavy (non-hydrogen) atoms. The summed E-state index contributed by atoms with van der Waals surface area (Å²) < 4.78 is 0.929. The predicted octanol–water partition coefficient (Wildman–Crippen LogP) is 4.37. The zero-order valence-electron chi connectivity index (χ0n) is 11.2. The molecular formula is C14H16BrN3S. The van der Waals surface area contributed by atoms with Gasteiger partial charge in [-0.1, -0.05) is 12.1 Å². The minimum absolute atomic E-state index is 0.754. The van der Waals surface area contributed by atoms with Crippen LogP contribution in [0.25, 0.3) is 11.4 Å². The van der Waals surface area contributed by atoms with Crippen LogP contribution in [0.1, 0.15) is 12.6 Å². The lowest BCUT2D eigenvalue weighted by Gasteiger charge is -2.10. The van der Waals surface area contributed by atoms with Crippen LogP contribution in [0.3, 0.4) is 0 Å². The zero-order chi connectivity index (χ0) is 13.8. The van der Waals surface area contributed by atoms with Gasteiger partial charge < -0.3 is 5.32 Å². The van der Waals surface area contributed by atoms with Crippen molar-refractivity contribution in [1.82, 2.24) is 9.97 Å². The number of anilines is 1. The van der Waals surface area contributed by atoms with Gasteiger partial charge in [-0.25, -0.2) is 9.97 Å². The van der Waals surface area contributed by atoms with Crippen molar-refractivity contribution in [3.63, 3.8) is 0 Å². The number of nitrogens with zero attached hydrogens (tertiary/aromatic N) is 2. The molecule has 2 aromatic rings. The number of hydrogen-bond donors (Lipinski definition) is 1. The molecular weight excluding hydrogens is 322 g/mol. The van der Waals surface area contributed by atoms with E-state index in [0.717, 1.165) is 33.9 Å². The third kappa shape index (κ3) is 3.28. The molecule has 1 N–H and O–H groups in total. The van der Waals surface area contributed by atoms with Gasteiger partial charge in [0.2, 0.25) is 0 Å². The van der Waals surface area contributed by atoms with Crippen LogP contribution >= 0.6 is 27.7 Å². The van der Waals surface area contributed by atoms with Gasteiger partial charge in [0.05, 0.1) is 10.2 Å². The zero-order valence-corrected chi connectivity index (χ0v) is 13.6. The van der Waals surface area contributed by atoms with Crippen molar-refractivity contribution in [2.45, 2.75) is 18.7 Å². The largest absolute Gasteiger partial charge is 0.369 e. The number of rotatable bonds is 4. The molecule has 0 fully saturated rings. The average Bonchev–Trinajstić information content (AvgIpc) is 2.44. The van der Waals surface area contributed by atoms with E-state index in [1.165, 1.54) is 4.90 Å². The molecule has 0 amide bonds. The lowest BCUT2D eigenvalue weighted by atomic mass is 10.2. The van der Waals surface area contributed by atoms with Crippen molar-refractivity contribution < 1.29 is 0 Å². The fraction of sp³-hybridized carbons (Fsp3) is 0.286. The highest BCUT2D eigenvalue weighted by molar-refractivity contribution is 9.10. The number of hydrogen-bond acceptors (Lipinski definition) is 4. The first-order chi connectivity index (χ1) is 9.15. The maximum absolute atomic E-state index is 4.57. The van der Waals surface area contributed by atoms with Gasteiger partial charge in [-0.15, -0.1) is 11.8 Å². The van der Waals surface area contributed by atoms with E-state index in [4.69, 9.17) is 0 Å². The van der Waals surface area contributed by atoms with E-state index in [2.05, 4.69) is 68.7 Å². The number of benzene rings is 1. The molecule has 3 nitrogen and oxygen atoms in total. The maximum Gasteiger partial charge on any atom is 0.161 e. The molecule has 100 valence electrons. The van der Waals surface area contributed by atoms with Crippen LogP contribution in [0.15, 0.2) is 33.6 Å². The first-order valence-corrected chi connectivity index (χ1v) is 8.10. The molecule has 0 aliphatic heterocycles. The molecule has 0 radical (unpaired) electrons. The fourth-order valence-corrected chi connectivity index (χ4v) is 2.44. The third-order valence-corrected chi connectivity index (χ3v) is 4.40. The van der Waals surface area contributed by atoms with Crippen molar-refractivity contribution in [1.29, 1.82) is 0 Å². The van der Waals surface area contributed by atoms with E-state index < -0.39 is 0 Å². The molecule has 0 saturated carbocycles. The Bertz CT molecular complexity index is 570. The van der Waals surface area contributed by atoms with Gasteiger partial charge in [-0.05, 0) is 48.2 Å². The predicted molar refractivity (Wildman–Crippen MR) is 85.8 cm³/mol. The Morgan fingerprint density at radius 1 is 1.21 bits per heavy atom. The summed E-state index contributed by atoms with van der Waals surface area (Å²) in [5.41, 5.74) is 1.97. The molecule has 1 aromatic carbocycles. The Hall–Kier alpha value is -1.07. The number of thioether (sulfide) groups is 1. The molecule has 5 heteroatoms. The maximum atomic E-state index is 4.57. The highest BCUT2D eigenvalue weighted by atomic mass is 79.9. The van der Waals surface area contributed by atoms with Crippen molar-refractivity contribution >= 4 is 33.5 Å². The van der Waals surface area contributed by atoms with Crippen LogP contribution in [0.4, 0.5) is 5.82 Å². The minimum Gasteiger partial charge on any atom is -0.369 e. The Labute approximate surface area is 126 Å². The molecule has 0 bridgehead atoms. The van der Waals surface area contributed by atoms with Gasteiger partial charge >= 0.3 is 0 Å². The first kappa shape index (κ1) is 14.3. The van der Waals surface area contributed by atoms with Crippen LogP contribution in [0.5, 0.6) is 0 Å². The van der Waals surface area contributed by atoms with Crippen molar-refractivity contribution in [2.75, 3.05) is 18.1 Å². The Morgan fingerprint density at radius 2 is 1.89 bits per heavy atom. The van der Waals surface area contributed by atoms with E-state index in [0.29, 0.717) is 0 Å². The van der Waals surface area contributed by atoms with Crippen molar-refractivity contribution in [3.8, 4) is 11.4 Å².